The Kier molecular flexibility index (Phi) is 6.72. The zero-order chi connectivity index (χ0) is 19.1. The molecule has 0 aliphatic carbocycles. The van der Waals surface area contributed by atoms with Crippen molar-refractivity contribution in [2.24, 2.45) is 0 Å². The number of esters is 1. The van der Waals surface area contributed by atoms with Crippen molar-refractivity contribution >= 4 is 11.9 Å². The summed E-state index contributed by atoms with van der Waals surface area (Å²) in [7, 11) is 0. The van der Waals surface area contributed by atoms with E-state index in [2.05, 4.69) is 5.32 Å². The van der Waals surface area contributed by atoms with Crippen LogP contribution in [0.3, 0.4) is 0 Å². The van der Waals surface area contributed by atoms with E-state index in [0.717, 1.165) is 16.7 Å². The standard InChI is InChI=1S/C20H22FNO4/c1-13-5-4-6-18(14(13)2)25-12-19(23)26-15(3)20(24)22-11-16-7-9-17(21)10-8-16/h4-10,15H,11-12H2,1-3H3,(H,22,24)/t15-/m0/s1. The monoisotopic (exact) mass is 359 g/mol. The van der Waals surface area contributed by atoms with Gasteiger partial charge in [-0.3, -0.25) is 4.79 Å². The molecule has 0 spiro atoms. The van der Waals surface area contributed by atoms with Crippen molar-refractivity contribution in [2.45, 2.75) is 33.4 Å². The van der Waals surface area contributed by atoms with Gasteiger partial charge in [0.15, 0.2) is 12.7 Å². The van der Waals surface area contributed by atoms with Crippen molar-refractivity contribution in [1.82, 2.24) is 5.32 Å². The Hall–Kier alpha value is -2.89. The van der Waals surface area contributed by atoms with Gasteiger partial charge in [-0.2, -0.15) is 0 Å². The highest BCUT2D eigenvalue weighted by atomic mass is 19.1. The Morgan fingerprint density at radius 2 is 1.81 bits per heavy atom. The molecule has 2 aromatic carbocycles. The molecule has 0 fully saturated rings. The van der Waals surface area contributed by atoms with Crippen LogP contribution in [0.4, 0.5) is 4.39 Å². The zero-order valence-electron chi connectivity index (χ0n) is 15.0. The van der Waals surface area contributed by atoms with Crippen LogP contribution in [-0.2, 0) is 20.9 Å². The number of nitrogens with one attached hydrogen (secondary N) is 1. The van der Waals surface area contributed by atoms with E-state index in [1.807, 2.05) is 26.0 Å². The number of rotatable bonds is 7. The number of aryl methyl sites for hydroxylation is 1. The van der Waals surface area contributed by atoms with Gasteiger partial charge in [0.05, 0.1) is 0 Å². The summed E-state index contributed by atoms with van der Waals surface area (Å²) in [5, 5.41) is 2.63. The van der Waals surface area contributed by atoms with Crippen molar-refractivity contribution in [2.75, 3.05) is 6.61 Å². The van der Waals surface area contributed by atoms with Gasteiger partial charge >= 0.3 is 5.97 Å². The van der Waals surface area contributed by atoms with Crippen LogP contribution < -0.4 is 10.1 Å². The fourth-order valence-electron chi connectivity index (χ4n) is 2.24. The summed E-state index contributed by atoms with van der Waals surface area (Å²) in [5.74, 6) is -0.800. The molecule has 0 saturated carbocycles. The molecular weight excluding hydrogens is 337 g/mol. The molecule has 0 bridgehead atoms. The molecule has 138 valence electrons. The maximum Gasteiger partial charge on any atom is 0.344 e. The number of amides is 1. The highest BCUT2D eigenvalue weighted by molar-refractivity contribution is 5.83. The lowest BCUT2D eigenvalue weighted by Crippen LogP contribution is -2.36. The van der Waals surface area contributed by atoms with E-state index in [1.54, 1.807) is 18.2 Å². The molecule has 1 atom stereocenters. The third-order valence-electron chi connectivity index (χ3n) is 3.96. The van der Waals surface area contributed by atoms with E-state index in [9.17, 15) is 14.0 Å². The van der Waals surface area contributed by atoms with E-state index in [4.69, 9.17) is 9.47 Å². The molecule has 5 nitrogen and oxygen atoms in total. The molecule has 0 aromatic heterocycles. The van der Waals surface area contributed by atoms with Crippen molar-refractivity contribution in [3.63, 3.8) is 0 Å². The molecule has 26 heavy (non-hydrogen) atoms. The van der Waals surface area contributed by atoms with E-state index in [0.29, 0.717) is 5.75 Å². The molecular formula is C20H22FNO4. The average molecular weight is 359 g/mol. The minimum absolute atomic E-state index is 0.222. The lowest BCUT2D eigenvalue weighted by molar-refractivity contribution is -0.156. The fourth-order valence-corrected chi connectivity index (χ4v) is 2.24. The van der Waals surface area contributed by atoms with E-state index >= 15 is 0 Å². The number of ether oxygens (including phenoxy) is 2. The average Bonchev–Trinajstić information content (AvgIpc) is 2.62. The second-order valence-electron chi connectivity index (χ2n) is 5.96. The predicted molar refractivity (Wildman–Crippen MR) is 95.2 cm³/mol. The summed E-state index contributed by atoms with van der Waals surface area (Å²) in [6.45, 7) is 5.28. The van der Waals surface area contributed by atoms with Crippen LogP contribution in [0, 0.1) is 19.7 Å². The number of carbonyl (C=O) groups excluding carboxylic acids is 2. The van der Waals surface area contributed by atoms with Crippen molar-refractivity contribution in [3.8, 4) is 5.75 Å². The van der Waals surface area contributed by atoms with Crippen LogP contribution in [0.2, 0.25) is 0 Å². The Balaban J connectivity index is 1.77. The van der Waals surface area contributed by atoms with E-state index in [-0.39, 0.29) is 19.0 Å². The SMILES string of the molecule is Cc1cccc(OCC(=O)O[C@@H](C)C(=O)NCc2ccc(F)cc2)c1C. The normalized spacial score (nSPS) is 11.5. The summed E-state index contributed by atoms with van der Waals surface area (Å²) in [6.07, 6.45) is -0.954. The number of carbonyl (C=O) groups is 2. The molecule has 0 radical (unpaired) electrons. The predicted octanol–water partition coefficient (Wildman–Crippen LogP) is 3.07. The summed E-state index contributed by atoms with van der Waals surface area (Å²) in [6, 6.07) is 11.3. The third-order valence-corrected chi connectivity index (χ3v) is 3.96. The van der Waals surface area contributed by atoms with Gasteiger partial charge < -0.3 is 14.8 Å². The fraction of sp³-hybridized carbons (Fsp3) is 0.300. The maximum absolute atomic E-state index is 12.8. The molecule has 0 saturated heterocycles. The summed E-state index contributed by atoms with van der Waals surface area (Å²) >= 11 is 0. The topological polar surface area (TPSA) is 64.6 Å². The van der Waals surface area contributed by atoms with Gasteiger partial charge in [-0.15, -0.1) is 0 Å². The largest absolute Gasteiger partial charge is 0.482 e. The zero-order valence-corrected chi connectivity index (χ0v) is 15.0. The second-order valence-corrected chi connectivity index (χ2v) is 5.96. The van der Waals surface area contributed by atoms with Gasteiger partial charge in [-0.05, 0) is 55.7 Å². The smallest absolute Gasteiger partial charge is 0.344 e. The highest BCUT2D eigenvalue weighted by Crippen LogP contribution is 2.20. The Bertz CT molecular complexity index is 774. The number of hydrogen-bond acceptors (Lipinski definition) is 4. The molecule has 1 N–H and O–H groups in total. The third kappa shape index (κ3) is 5.58. The first kappa shape index (κ1) is 19.4. The maximum atomic E-state index is 12.8. The van der Waals surface area contributed by atoms with Crippen LogP contribution in [-0.4, -0.2) is 24.6 Å². The molecule has 0 heterocycles. The van der Waals surface area contributed by atoms with E-state index in [1.165, 1.54) is 19.1 Å². The number of halogens is 1. The lowest BCUT2D eigenvalue weighted by Gasteiger charge is -2.15. The van der Waals surface area contributed by atoms with Crippen molar-refractivity contribution in [3.05, 3.63) is 65.0 Å². The van der Waals surface area contributed by atoms with Gasteiger partial charge in [-0.25, -0.2) is 9.18 Å². The highest BCUT2D eigenvalue weighted by Gasteiger charge is 2.18. The molecule has 6 heteroatoms. The Morgan fingerprint density at radius 3 is 2.50 bits per heavy atom. The minimum Gasteiger partial charge on any atom is -0.482 e. The Labute approximate surface area is 152 Å². The van der Waals surface area contributed by atoms with Gasteiger partial charge in [0.1, 0.15) is 11.6 Å². The minimum atomic E-state index is -0.954. The molecule has 0 aliphatic heterocycles. The van der Waals surface area contributed by atoms with Gasteiger partial charge in [0, 0.05) is 6.54 Å². The van der Waals surface area contributed by atoms with Gasteiger partial charge in [0.2, 0.25) is 0 Å². The number of benzene rings is 2. The summed E-state index contributed by atoms with van der Waals surface area (Å²) in [5.41, 5.74) is 2.76. The quantitative estimate of drug-likeness (QED) is 0.772. The Morgan fingerprint density at radius 1 is 1.12 bits per heavy atom. The van der Waals surface area contributed by atoms with Crippen LogP contribution in [0.15, 0.2) is 42.5 Å². The van der Waals surface area contributed by atoms with Crippen LogP contribution in [0.5, 0.6) is 5.75 Å². The van der Waals surface area contributed by atoms with E-state index < -0.39 is 18.0 Å². The van der Waals surface area contributed by atoms with Crippen molar-refractivity contribution < 1.29 is 23.5 Å². The first-order chi connectivity index (χ1) is 12.4. The van der Waals surface area contributed by atoms with Gasteiger partial charge in [-0.1, -0.05) is 24.3 Å². The number of hydrogen-bond donors (Lipinski definition) is 1. The van der Waals surface area contributed by atoms with Crippen LogP contribution >= 0.6 is 0 Å². The van der Waals surface area contributed by atoms with Gasteiger partial charge in [0.25, 0.3) is 5.91 Å². The summed E-state index contributed by atoms with van der Waals surface area (Å²) < 4.78 is 23.4. The van der Waals surface area contributed by atoms with Crippen LogP contribution in [0.25, 0.3) is 0 Å². The molecule has 1 amide bonds. The molecule has 0 unspecified atom stereocenters. The van der Waals surface area contributed by atoms with Crippen molar-refractivity contribution in [1.29, 1.82) is 0 Å². The second kappa shape index (κ2) is 8.99. The van der Waals surface area contributed by atoms with Crippen LogP contribution in [0.1, 0.15) is 23.6 Å². The molecule has 2 aromatic rings. The lowest BCUT2D eigenvalue weighted by atomic mass is 10.1. The summed E-state index contributed by atoms with van der Waals surface area (Å²) in [4.78, 5) is 23.9. The molecule has 0 aliphatic rings. The first-order valence-electron chi connectivity index (χ1n) is 8.27. The molecule has 2 rings (SSSR count). The first-order valence-corrected chi connectivity index (χ1v) is 8.27.